The van der Waals surface area contributed by atoms with E-state index in [4.69, 9.17) is 4.74 Å². The Kier molecular flexibility index (Phi) is 5.00. The van der Waals surface area contributed by atoms with Gasteiger partial charge in [0.25, 0.3) is 0 Å². The molecule has 0 fully saturated rings. The first-order valence-corrected chi connectivity index (χ1v) is 10.3. The van der Waals surface area contributed by atoms with E-state index >= 15 is 0 Å². The number of esters is 1. The third kappa shape index (κ3) is 3.63. The van der Waals surface area contributed by atoms with E-state index in [1.54, 1.807) is 35.2 Å². The molecule has 1 atom stereocenters. The first kappa shape index (κ1) is 17.8. The highest BCUT2D eigenvalue weighted by Gasteiger charge is 2.28. The number of hydrogen-bond acceptors (Lipinski definition) is 6. The van der Waals surface area contributed by atoms with Crippen LogP contribution in [0.25, 0.3) is 0 Å². The van der Waals surface area contributed by atoms with Crippen LogP contribution in [0.15, 0.2) is 48.0 Å². The van der Waals surface area contributed by atoms with Gasteiger partial charge in [-0.15, -0.1) is 23.1 Å². The number of ether oxygens (including phenoxy) is 1. The van der Waals surface area contributed by atoms with E-state index in [0.717, 1.165) is 16.9 Å². The molecule has 6 nitrogen and oxygen atoms in total. The third-order valence-corrected chi connectivity index (χ3v) is 6.46. The predicted octanol–water partition coefficient (Wildman–Crippen LogP) is 3.55. The molecule has 3 heterocycles. The van der Waals surface area contributed by atoms with Crippen LogP contribution in [0.4, 0.5) is 5.82 Å². The van der Waals surface area contributed by atoms with Crippen molar-refractivity contribution in [2.45, 2.75) is 11.8 Å². The lowest BCUT2D eigenvalue weighted by atomic mass is 10.0. The lowest BCUT2D eigenvalue weighted by Crippen LogP contribution is -2.16. The van der Waals surface area contributed by atoms with Crippen molar-refractivity contribution in [1.82, 2.24) is 9.78 Å². The van der Waals surface area contributed by atoms with Crippen LogP contribution in [0.3, 0.4) is 0 Å². The van der Waals surface area contributed by atoms with Gasteiger partial charge in [0.05, 0.1) is 36.4 Å². The number of rotatable bonds is 4. The van der Waals surface area contributed by atoms with Gasteiger partial charge in [-0.1, -0.05) is 18.2 Å². The normalized spacial score (nSPS) is 16.3. The van der Waals surface area contributed by atoms with Crippen LogP contribution >= 0.6 is 23.1 Å². The molecular formula is C19H17N3O3S2. The van der Waals surface area contributed by atoms with Crippen molar-refractivity contribution in [3.63, 3.8) is 0 Å². The fraction of sp³-hybridized carbons (Fsp3) is 0.211. The summed E-state index contributed by atoms with van der Waals surface area (Å²) in [6.07, 6.45) is 1.82. The number of amides is 1. The zero-order valence-corrected chi connectivity index (χ0v) is 16.2. The van der Waals surface area contributed by atoms with Crippen molar-refractivity contribution in [2.24, 2.45) is 0 Å². The smallest absolute Gasteiger partial charge is 0.337 e. The Labute approximate surface area is 164 Å². The summed E-state index contributed by atoms with van der Waals surface area (Å²) in [5.74, 6) is 0.691. The van der Waals surface area contributed by atoms with E-state index in [1.165, 1.54) is 12.0 Å². The summed E-state index contributed by atoms with van der Waals surface area (Å²) in [5, 5.41) is 9.48. The Bertz CT molecular complexity index is 965. The fourth-order valence-electron chi connectivity index (χ4n) is 3.00. The van der Waals surface area contributed by atoms with Crippen LogP contribution in [-0.2, 0) is 16.1 Å². The van der Waals surface area contributed by atoms with Gasteiger partial charge in [-0.25, -0.2) is 9.48 Å². The number of thioether (sulfide) groups is 1. The molecule has 27 heavy (non-hydrogen) atoms. The average molecular weight is 399 g/mol. The summed E-state index contributed by atoms with van der Waals surface area (Å²) in [7, 11) is 1.36. The van der Waals surface area contributed by atoms with Crippen molar-refractivity contribution in [3.05, 3.63) is 69.5 Å². The SMILES string of the molecule is COC(=O)c1ccc(C2SCC(=O)Nc3c2cnn3Cc2cccs2)cc1. The molecule has 0 bridgehead atoms. The molecule has 0 aliphatic carbocycles. The highest BCUT2D eigenvalue weighted by atomic mass is 32.2. The van der Waals surface area contributed by atoms with Gasteiger partial charge in [0, 0.05) is 10.4 Å². The summed E-state index contributed by atoms with van der Waals surface area (Å²) in [6, 6.07) is 11.4. The van der Waals surface area contributed by atoms with E-state index < -0.39 is 0 Å². The van der Waals surface area contributed by atoms with E-state index in [-0.39, 0.29) is 17.1 Å². The van der Waals surface area contributed by atoms with Gasteiger partial charge in [0.15, 0.2) is 0 Å². The van der Waals surface area contributed by atoms with Crippen molar-refractivity contribution in [1.29, 1.82) is 0 Å². The number of thiophene rings is 1. The maximum Gasteiger partial charge on any atom is 0.337 e. The average Bonchev–Trinajstić information content (AvgIpc) is 3.30. The summed E-state index contributed by atoms with van der Waals surface area (Å²) in [6.45, 7) is 0.617. The second-order valence-corrected chi connectivity index (χ2v) is 8.16. The van der Waals surface area contributed by atoms with Gasteiger partial charge < -0.3 is 10.1 Å². The van der Waals surface area contributed by atoms with Gasteiger partial charge in [0.1, 0.15) is 5.82 Å². The van der Waals surface area contributed by atoms with E-state index in [9.17, 15) is 9.59 Å². The van der Waals surface area contributed by atoms with Gasteiger partial charge in [0.2, 0.25) is 5.91 Å². The molecule has 1 unspecified atom stereocenters. The fourth-order valence-corrected chi connectivity index (χ4v) is 4.78. The van der Waals surface area contributed by atoms with Gasteiger partial charge in [-0.2, -0.15) is 5.10 Å². The minimum atomic E-state index is -0.364. The van der Waals surface area contributed by atoms with E-state index in [1.807, 2.05) is 34.5 Å². The van der Waals surface area contributed by atoms with Crippen LogP contribution < -0.4 is 5.32 Å². The zero-order valence-electron chi connectivity index (χ0n) is 14.5. The second kappa shape index (κ2) is 7.58. The van der Waals surface area contributed by atoms with E-state index in [0.29, 0.717) is 17.9 Å². The first-order valence-electron chi connectivity index (χ1n) is 8.33. The van der Waals surface area contributed by atoms with Crippen LogP contribution in [0.2, 0.25) is 0 Å². The number of hydrogen-bond donors (Lipinski definition) is 1. The van der Waals surface area contributed by atoms with Crippen molar-refractivity contribution >= 4 is 40.8 Å². The standard InChI is InChI=1S/C19H17N3O3S2/c1-25-19(24)13-6-4-12(5-7-13)17-15-9-20-22(10-14-3-2-8-26-14)18(15)21-16(23)11-27-17/h2-9,17H,10-11H2,1H3,(H,21,23). The molecule has 0 spiro atoms. The number of carbonyl (C=O) groups excluding carboxylic acids is 2. The maximum absolute atomic E-state index is 12.2. The number of carbonyl (C=O) groups is 2. The molecule has 0 saturated carbocycles. The Hall–Kier alpha value is -2.58. The molecule has 4 rings (SSSR count). The number of methoxy groups -OCH3 is 1. The highest BCUT2D eigenvalue weighted by molar-refractivity contribution is 8.00. The molecule has 2 aromatic heterocycles. The Morgan fingerprint density at radius 3 is 2.85 bits per heavy atom. The largest absolute Gasteiger partial charge is 0.465 e. The molecule has 1 amide bonds. The lowest BCUT2D eigenvalue weighted by molar-refractivity contribution is -0.113. The number of fused-ring (bicyclic) bond motifs is 1. The minimum Gasteiger partial charge on any atom is -0.465 e. The number of nitrogens with zero attached hydrogens (tertiary/aromatic N) is 2. The molecule has 0 radical (unpaired) electrons. The van der Waals surface area contributed by atoms with Crippen LogP contribution in [0.1, 0.15) is 31.6 Å². The topological polar surface area (TPSA) is 73.2 Å². The van der Waals surface area contributed by atoms with Crippen LogP contribution in [-0.4, -0.2) is 34.5 Å². The second-order valence-electron chi connectivity index (χ2n) is 6.04. The molecule has 1 aliphatic heterocycles. The van der Waals surface area contributed by atoms with Crippen molar-refractivity contribution in [3.8, 4) is 0 Å². The molecule has 3 aromatic rings. The molecule has 1 N–H and O–H groups in total. The Balaban J connectivity index is 1.68. The van der Waals surface area contributed by atoms with Gasteiger partial charge >= 0.3 is 5.97 Å². The summed E-state index contributed by atoms with van der Waals surface area (Å²) in [4.78, 5) is 25.1. The third-order valence-electron chi connectivity index (χ3n) is 4.31. The van der Waals surface area contributed by atoms with Gasteiger partial charge in [-0.3, -0.25) is 4.79 Å². The van der Waals surface area contributed by atoms with E-state index in [2.05, 4.69) is 16.5 Å². The zero-order chi connectivity index (χ0) is 18.8. The molecule has 138 valence electrons. The monoisotopic (exact) mass is 399 g/mol. The van der Waals surface area contributed by atoms with Crippen LogP contribution in [0.5, 0.6) is 0 Å². The highest BCUT2D eigenvalue weighted by Crippen LogP contribution is 2.41. The quantitative estimate of drug-likeness (QED) is 0.679. The first-order chi connectivity index (χ1) is 13.2. The number of aromatic nitrogens is 2. The number of nitrogens with one attached hydrogen (secondary N) is 1. The Morgan fingerprint density at radius 2 is 2.15 bits per heavy atom. The predicted molar refractivity (Wildman–Crippen MR) is 106 cm³/mol. The van der Waals surface area contributed by atoms with Crippen LogP contribution in [0, 0.1) is 0 Å². The molecule has 0 saturated heterocycles. The van der Waals surface area contributed by atoms with Gasteiger partial charge in [-0.05, 0) is 29.1 Å². The number of benzene rings is 1. The van der Waals surface area contributed by atoms with Crippen molar-refractivity contribution in [2.75, 3.05) is 18.2 Å². The maximum atomic E-state index is 12.2. The summed E-state index contributed by atoms with van der Waals surface area (Å²) >= 11 is 3.21. The Morgan fingerprint density at radius 1 is 1.33 bits per heavy atom. The molecule has 8 heteroatoms. The molecule has 1 aliphatic rings. The minimum absolute atomic E-state index is 0.0390. The lowest BCUT2D eigenvalue weighted by Gasteiger charge is -2.14. The molecular weight excluding hydrogens is 382 g/mol. The molecule has 1 aromatic carbocycles. The summed E-state index contributed by atoms with van der Waals surface area (Å²) < 4.78 is 6.59. The van der Waals surface area contributed by atoms with Crippen molar-refractivity contribution < 1.29 is 14.3 Å². The number of anilines is 1. The summed E-state index contributed by atoms with van der Waals surface area (Å²) in [5.41, 5.74) is 2.48.